The zero-order valence-corrected chi connectivity index (χ0v) is 11.7. The fraction of sp³-hybridized carbons (Fsp3) is 0.308. The van der Waals surface area contributed by atoms with Gasteiger partial charge in [-0.05, 0) is 12.1 Å². The standard InChI is InChI=1S/C13H17ClN2OS/c1-2-8-18-9-7-15-10-13(17)16-12-6-4-3-5-11(12)14/h2-6,15H,1,7-10H2,(H,16,17). The van der Waals surface area contributed by atoms with Gasteiger partial charge >= 0.3 is 0 Å². The van der Waals surface area contributed by atoms with E-state index in [0.29, 0.717) is 17.3 Å². The Balaban J connectivity index is 2.18. The molecule has 2 N–H and O–H groups in total. The van der Waals surface area contributed by atoms with E-state index >= 15 is 0 Å². The highest BCUT2D eigenvalue weighted by Gasteiger charge is 2.04. The Hall–Kier alpha value is -0.970. The summed E-state index contributed by atoms with van der Waals surface area (Å²) in [6.45, 7) is 4.74. The minimum Gasteiger partial charge on any atom is -0.324 e. The van der Waals surface area contributed by atoms with Crippen molar-refractivity contribution in [2.24, 2.45) is 0 Å². The molecule has 1 amide bonds. The summed E-state index contributed by atoms with van der Waals surface area (Å²) in [6.07, 6.45) is 1.87. The molecule has 1 aromatic carbocycles. The second kappa shape index (κ2) is 9.03. The number of benzene rings is 1. The molecule has 98 valence electrons. The summed E-state index contributed by atoms with van der Waals surface area (Å²) < 4.78 is 0. The van der Waals surface area contributed by atoms with Crippen molar-refractivity contribution in [3.05, 3.63) is 41.9 Å². The Morgan fingerprint density at radius 3 is 2.94 bits per heavy atom. The van der Waals surface area contributed by atoms with Gasteiger partial charge in [-0.2, -0.15) is 11.8 Å². The van der Waals surface area contributed by atoms with Crippen LogP contribution in [-0.4, -0.2) is 30.5 Å². The number of halogens is 1. The number of hydrogen-bond donors (Lipinski definition) is 2. The van der Waals surface area contributed by atoms with Crippen molar-refractivity contribution < 1.29 is 4.79 Å². The molecular formula is C13H17ClN2OS. The van der Waals surface area contributed by atoms with Crippen LogP contribution in [0.3, 0.4) is 0 Å². The fourth-order valence-electron chi connectivity index (χ4n) is 1.27. The SMILES string of the molecule is C=CCSCCNCC(=O)Nc1ccccc1Cl. The molecule has 1 aromatic rings. The summed E-state index contributed by atoms with van der Waals surface area (Å²) in [5.41, 5.74) is 0.645. The normalized spacial score (nSPS) is 10.1. The average Bonchev–Trinajstić information content (AvgIpc) is 2.36. The van der Waals surface area contributed by atoms with E-state index in [1.54, 1.807) is 23.9 Å². The lowest BCUT2D eigenvalue weighted by Crippen LogP contribution is -2.29. The maximum absolute atomic E-state index is 11.6. The molecule has 0 spiro atoms. The molecule has 5 heteroatoms. The molecule has 0 heterocycles. The molecular weight excluding hydrogens is 268 g/mol. The van der Waals surface area contributed by atoms with Gasteiger partial charge in [-0.15, -0.1) is 6.58 Å². The minimum absolute atomic E-state index is 0.0863. The lowest BCUT2D eigenvalue weighted by Gasteiger charge is -2.07. The van der Waals surface area contributed by atoms with Gasteiger partial charge in [0.15, 0.2) is 0 Å². The molecule has 18 heavy (non-hydrogen) atoms. The van der Waals surface area contributed by atoms with Crippen LogP contribution in [0.15, 0.2) is 36.9 Å². The van der Waals surface area contributed by atoms with Gasteiger partial charge in [0.25, 0.3) is 0 Å². The number of anilines is 1. The molecule has 0 saturated heterocycles. The molecule has 0 aliphatic heterocycles. The zero-order chi connectivity index (χ0) is 13.2. The Kier molecular flexibility index (Phi) is 7.57. The zero-order valence-electron chi connectivity index (χ0n) is 10.1. The first-order valence-corrected chi connectivity index (χ1v) is 7.21. The van der Waals surface area contributed by atoms with Crippen LogP contribution in [-0.2, 0) is 4.79 Å². The predicted octanol–water partition coefficient (Wildman–Crippen LogP) is 2.79. The van der Waals surface area contributed by atoms with Gasteiger partial charge in [0.05, 0.1) is 17.3 Å². The fourth-order valence-corrected chi connectivity index (χ4v) is 2.07. The maximum Gasteiger partial charge on any atom is 0.238 e. The van der Waals surface area contributed by atoms with Gasteiger partial charge in [-0.3, -0.25) is 4.79 Å². The molecule has 0 aliphatic rings. The lowest BCUT2D eigenvalue weighted by molar-refractivity contribution is -0.115. The summed E-state index contributed by atoms with van der Waals surface area (Å²) in [6, 6.07) is 7.19. The molecule has 3 nitrogen and oxygen atoms in total. The van der Waals surface area contributed by atoms with Crippen LogP contribution in [0.4, 0.5) is 5.69 Å². The largest absolute Gasteiger partial charge is 0.324 e. The molecule has 0 radical (unpaired) electrons. The minimum atomic E-state index is -0.0863. The first-order chi connectivity index (χ1) is 8.74. The predicted molar refractivity (Wildman–Crippen MR) is 80.5 cm³/mol. The smallest absolute Gasteiger partial charge is 0.238 e. The molecule has 0 unspecified atom stereocenters. The Morgan fingerprint density at radius 2 is 2.22 bits per heavy atom. The van der Waals surface area contributed by atoms with E-state index in [-0.39, 0.29) is 5.91 Å². The van der Waals surface area contributed by atoms with Crippen molar-refractivity contribution in [2.75, 3.05) is 29.9 Å². The quantitative estimate of drug-likeness (QED) is 0.570. The van der Waals surface area contributed by atoms with Crippen molar-refractivity contribution in [1.82, 2.24) is 5.32 Å². The van der Waals surface area contributed by atoms with E-state index in [4.69, 9.17) is 11.6 Å². The van der Waals surface area contributed by atoms with E-state index < -0.39 is 0 Å². The van der Waals surface area contributed by atoms with Gasteiger partial charge < -0.3 is 10.6 Å². The summed E-state index contributed by atoms with van der Waals surface area (Å²) in [7, 11) is 0. The molecule has 0 atom stereocenters. The van der Waals surface area contributed by atoms with Gasteiger partial charge in [0.2, 0.25) is 5.91 Å². The summed E-state index contributed by atoms with van der Waals surface area (Å²) in [5, 5.41) is 6.38. The third-order valence-corrected chi connectivity index (χ3v) is 3.39. The Labute approximate surface area is 117 Å². The van der Waals surface area contributed by atoms with Gasteiger partial charge in [0.1, 0.15) is 0 Å². The first-order valence-electron chi connectivity index (χ1n) is 5.67. The highest BCUT2D eigenvalue weighted by atomic mass is 35.5. The average molecular weight is 285 g/mol. The van der Waals surface area contributed by atoms with Crippen molar-refractivity contribution in [1.29, 1.82) is 0 Å². The highest BCUT2D eigenvalue weighted by Crippen LogP contribution is 2.19. The number of carbonyl (C=O) groups is 1. The van der Waals surface area contributed by atoms with Crippen molar-refractivity contribution >= 4 is 35.0 Å². The van der Waals surface area contributed by atoms with E-state index in [0.717, 1.165) is 18.1 Å². The lowest BCUT2D eigenvalue weighted by atomic mass is 10.3. The summed E-state index contributed by atoms with van der Waals surface area (Å²) in [5.74, 6) is 1.82. The molecule has 0 saturated carbocycles. The van der Waals surface area contributed by atoms with E-state index in [2.05, 4.69) is 17.2 Å². The number of nitrogens with one attached hydrogen (secondary N) is 2. The maximum atomic E-state index is 11.6. The molecule has 0 fully saturated rings. The monoisotopic (exact) mass is 284 g/mol. The van der Waals surface area contributed by atoms with Gasteiger partial charge in [-0.1, -0.05) is 29.8 Å². The second-order valence-electron chi connectivity index (χ2n) is 3.57. The first kappa shape index (κ1) is 15.1. The van der Waals surface area contributed by atoms with Crippen LogP contribution in [0.25, 0.3) is 0 Å². The summed E-state index contributed by atoms with van der Waals surface area (Å²) >= 11 is 7.72. The topological polar surface area (TPSA) is 41.1 Å². The van der Waals surface area contributed by atoms with Gasteiger partial charge in [0, 0.05) is 18.1 Å². The van der Waals surface area contributed by atoms with Crippen molar-refractivity contribution in [3.63, 3.8) is 0 Å². The number of rotatable bonds is 8. The van der Waals surface area contributed by atoms with Crippen LogP contribution in [0.5, 0.6) is 0 Å². The number of thioether (sulfide) groups is 1. The van der Waals surface area contributed by atoms with Gasteiger partial charge in [-0.25, -0.2) is 0 Å². The van der Waals surface area contributed by atoms with Crippen LogP contribution < -0.4 is 10.6 Å². The number of amides is 1. The number of carbonyl (C=O) groups excluding carboxylic acids is 1. The Bertz CT molecular complexity index is 398. The second-order valence-corrected chi connectivity index (χ2v) is 5.13. The van der Waals surface area contributed by atoms with E-state index in [1.165, 1.54) is 0 Å². The number of hydrogen-bond acceptors (Lipinski definition) is 3. The van der Waals surface area contributed by atoms with E-state index in [1.807, 2.05) is 18.2 Å². The highest BCUT2D eigenvalue weighted by molar-refractivity contribution is 7.99. The molecule has 0 aliphatic carbocycles. The molecule has 0 aromatic heterocycles. The third-order valence-electron chi connectivity index (χ3n) is 2.09. The molecule has 1 rings (SSSR count). The summed E-state index contributed by atoms with van der Waals surface area (Å²) in [4.78, 5) is 11.6. The van der Waals surface area contributed by atoms with E-state index in [9.17, 15) is 4.79 Å². The number of para-hydroxylation sites is 1. The third kappa shape index (κ3) is 6.10. The van der Waals surface area contributed by atoms with Crippen LogP contribution >= 0.6 is 23.4 Å². The molecule has 0 bridgehead atoms. The Morgan fingerprint density at radius 1 is 1.44 bits per heavy atom. The van der Waals surface area contributed by atoms with Crippen LogP contribution in [0.2, 0.25) is 5.02 Å². The van der Waals surface area contributed by atoms with Crippen molar-refractivity contribution in [2.45, 2.75) is 0 Å². The van der Waals surface area contributed by atoms with Crippen molar-refractivity contribution in [3.8, 4) is 0 Å². The van der Waals surface area contributed by atoms with Crippen LogP contribution in [0.1, 0.15) is 0 Å². The van der Waals surface area contributed by atoms with Crippen LogP contribution in [0, 0.1) is 0 Å².